The van der Waals surface area contributed by atoms with Crippen molar-refractivity contribution in [2.24, 2.45) is 13.0 Å². The highest BCUT2D eigenvalue weighted by molar-refractivity contribution is 5.90. The lowest BCUT2D eigenvalue weighted by molar-refractivity contribution is -0.143. The Morgan fingerprint density at radius 1 is 1.21 bits per heavy atom. The molecule has 1 unspecified atom stereocenters. The Kier molecular flexibility index (Phi) is 5.06. The summed E-state index contributed by atoms with van der Waals surface area (Å²) in [6.07, 6.45) is 9.14. The molecule has 1 saturated heterocycles. The molecule has 0 bridgehead atoms. The molecule has 2 amide bonds. The van der Waals surface area contributed by atoms with Crippen molar-refractivity contribution in [2.75, 3.05) is 18.4 Å². The summed E-state index contributed by atoms with van der Waals surface area (Å²) >= 11 is 0. The summed E-state index contributed by atoms with van der Waals surface area (Å²) in [6, 6.07) is -0.217. The highest BCUT2D eigenvalue weighted by Crippen LogP contribution is 2.35. The lowest BCUT2D eigenvalue weighted by atomic mass is 9.86. The van der Waals surface area contributed by atoms with Crippen LogP contribution in [0.25, 0.3) is 0 Å². The summed E-state index contributed by atoms with van der Waals surface area (Å²) in [5.41, 5.74) is 1.74. The minimum absolute atomic E-state index is 0.217. The van der Waals surface area contributed by atoms with E-state index >= 15 is 0 Å². The maximum absolute atomic E-state index is 12.6. The van der Waals surface area contributed by atoms with E-state index in [4.69, 9.17) is 0 Å². The molecule has 24 heavy (non-hydrogen) atoms. The molecular formula is C17H26N4O3. The first-order valence-corrected chi connectivity index (χ1v) is 8.87. The van der Waals surface area contributed by atoms with Crippen LogP contribution in [0, 0.1) is 5.92 Å². The number of piperidine rings is 1. The molecule has 0 aromatic carbocycles. The van der Waals surface area contributed by atoms with Gasteiger partial charge in [-0.1, -0.05) is 19.3 Å². The number of carbonyl (C=O) groups excluding carboxylic acids is 1. The zero-order valence-corrected chi connectivity index (χ0v) is 14.2. The number of likely N-dealkylation sites (tertiary alicyclic amines) is 1. The summed E-state index contributed by atoms with van der Waals surface area (Å²) in [7, 11) is 1.86. The van der Waals surface area contributed by atoms with E-state index in [0.29, 0.717) is 18.9 Å². The number of hydrogen-bond donors (Lipinski definition) is 2. The fourth-order valence-electron chi connectivity index (χ4n) is 3.84. The van der Waals surface area contributed by atoms with Gasteiger partial charge >= 0.3 is 12.0 Å². The summed E-state index contributed by atoms with van der Waals surface area (Å²) in [6.45, 7) is 0.884. The summed E-state index contributed by atoms with van der Waals surface area (Å²) < 4.78 is 1.75. The fourth-order valence-corrected chi connectivity index (χ4v) is 3.84. The molecule has 0 spiro atoms. The highest BCUT2D eigenvalue weighted by Gasteiger charge is 2.29. The molecule has 1 atom stereocenters. The van der Waals surface area contributed by atoms with Gasteiger partial charge in [0.2, 0.25) is 0 Å². The van der Waals surface area contributed by atoms with Gasteiger partial charge in [0.15, 0.2) is 0 Å². The van der Waals surface area contributed by atoms with Crippen LogP contribution >= 0.6 is 0 Å². The molecule has 1 saturated carbocycles. The number of amides is 2. The van der Waals surface area contributed by atoms with Crippen LogP contribution in [-0.2, 0) is 11.8 Å². The fraction of sp³-hybridized carbons (Fsp3) is 0.706. The van der Waals surface area contributed by atoms with Crippen LogP contribution in [0.1, 0.15) is 56.6 Å². The molecule has 2 heterocycles. The van der Waals surface area contributed by atoms with Gasteiger partial charge in [-0.25, -0.2) is 4.79 Å². The molecule has 1 aliphatic carbocycles. The first-order valence-electron chi connectivity index (χ1n) is 8.87. The Morgan fingerprint density at radius 2 is 1.96 bits per heavy atom. The maximum Gasteiger partial charge on any atom is 0.321 e. The van der Waals surface area contributed by atoms with Gasteiger partial charge < -0.3 is 15.3 Å². The van der Waals surface area contributed by atoms with Crippen LogP contribution in [0.4, 0.5) is 10.5 Å². The molecule has 0 radical (unpaired) electrons. The number of anilines is 1. The average molecular weight is 334 g/mol. The van der Waals surface area contributed by atoms with Crippen molar-refractivity contribution in [3.05, 3.63) is 11.9 Å². The number of nitrogens with zero attached hydrogens (tertiary/aromatic N) is 3. The van der Waals surface area contributed by atoms with E-state index in [1.54, 1.807) is 9.58 Å². The predicted octanol–water partition coefficient (Wildman–Crippen LogP) is 2.80. The smallest absolute Gasteiger partial charge is 0.321 e. The second kappa shape index (κ2) is 7.23. The van der Waals surface area contributed by atoms with Crippen molar-refractivity contribution in [1.82, 2.24) is 14.7 Å². The van der Waals surface area contributed by atoms with Gasteiger partial charge in [-0.05, 0) is 25.7 Å². The van der Waals surface area contributed by atoms with E-state index in [2.05, 4.69) is 10.4 Å². The van der Waals surface area contributed by atoms with Crippen molar-refractivity contribution in [1.29, 1.82) is 0 Å². The van der Waals surface area contributed by atoms with Gasteiger partial charge in [0.05, 0.1) is 17.3 Å². The van der Waals surface area contributed by atoms with Gasteiger partial charge in [-0.3, -0.25) is 9.48 Å². The minimum Gasteiger partial charge on any atom is -0.481 e. The van der Waals surface area contributed by atoms with Crippen LogP contribution in [0.15, 0.2) is 6.20 Å². The average Bonchev–Trinajstić information content (AvgIpc) is 2.96. The molecule has 1 aliphatic heterocycles. The Morgan fingerprint density at radius 3 is 2.67 bits per heavy atom. The van der Waals surface area contributed by atoms with E-state index in [1.165, 1.54) is 19.3 Å². The second-order valence-corrected chi connectivity index (χ2v) is 6.99. The number of nitrogens with one attached hydrogen (secondary N) is 1. The number of carbonyl (C=O) groups is 2. The van der Waals surface area contributed by atoms with Gasteiger partial charge in [0.1, 0.15) is 0 Å². The van der Waals surface area contributed by atoms with Crippen molar-refractivity contribution in [3.8, 4) is 0 Å². The molecule has 2 aliphatic rings. The summed E-state index contributed by atoms with van der Waals surface area (Å²) in [5.74, 6) is -0.878. The standard InChI is InChI=1S/C17H26N4O3/c1-20-11-14(15(19-20)12-6-3-2-4-7-12)18-17(24)21-9-5-8-13(10-21)16(22)23/h11-13H,2-10H2,1H3,(H,18,24)(H,22,23). The van der Waals surface area contributed by atoms with E-state index in [1.807, 2.05) is 13.2 Å². The van der Waals surface area contributed by atoms with E-state index in [-0.39, 0.29) is 12.6 Å². The molecule has 7 nitrogen and oxygen atoms in total. The number of hydrogen-bond acceptors (Lipinski definition) is 3. The van der Waals surface area contributed by atoms with E-state index in [0.717, 1.165) is 30.6 Å². The summed E-state index contributed by atoms with van der Waals surface area (Å²) in [4.78, 5) is 25.3. The Hall–Kier alpha value is -2.05. The third-order valence-electron chi connectivity index (χ3n) is 5.15. The van der Waals surface area contributed by atoms with Crippen LogP contribution in [0.2, 0.25) is 0 Å². The van der Waals surface area contributed by atoms with Crippen molar-refractivity contribution in [2.45, 2.75) is 50.9 Å². The predicted molar refractivity (Wildman–Crippen MR) is 90.0 cm³/mol. The minimum atomic E-state index is -0.822. The highest BCUT2D eigenvalue weighted by atomic mass is 16.4. The number of carboxylic acids is 1. The molecule has 132 valence electrons. The second-order valence-electron chi connectivity index (χ2n) is 6.99. The normalized spacial score (nSPS) is 22.4. The van der Waals surface area contributed by atoms with E-state index in [9.17, 15) is 14.7 Å². The maximum atomic E-state index is 12.6. The first-order chi connectivity index (χ1) is 11.5. The van der Waals surface area contributed by atoms with Gasteiger partial charge in [-0.15, -0.1) is 0 Å². The Bertz CT molecular complexity index is 607. The van der Waals surface area contributed by atoms with E-state index < -0.39 is 11.9 Å². The number of aliphatic carboxylic acids is 1. The number of urea groups is 1. The third kappa shape index (κ3) is 3.71. The van der Waals surface area contributed by atoms with Gasteiger partial charge in [0, 0.05) is 32.3 Å². The van der Waals surface area contributed by atoms with Crippen molar-refractivity contribution >= 4 is 17.7 Å². The van der Waals surface area contributed by atoms with Crippen molar-refractivity contribution in [3.63, 3.8) is 0 Å². The number of aromatic nitrogens is 2. The summed E-state index contributed by atoms with van der Waals surface area (Å²) in [5, 5.41) is 16.7. The monoisotopic (exact) mass is 334 g/mol. The molecule has 2 fully saturated rings. The molecule has 1 aromatic rings. The third-order valence-corrected chi connectivity index (χ3v) is 5.15. The SMILES string of the molecule is Cn1cc(NC(=O)N2CCCC(C(=O)O)C2)c(C2CCCCC2)n1. The Labute approximate surface area is 142 Å². The molecule has 2 N–H and O–H groups in total. The van der Waals surface area contributed by atoms with Gasteiger partial charge in [0.25, 0.3) is 0 Å². The van der Waals surface area contributed by atoms with Crippen LogP contribution in [0.5, 0.6) is 0 Å². The lowest BCUT2D eigenvalue weighted by Crippen LogP contribution is -2.44. The van der Waals surface area contributed by atoms with Crippen molar-refractivity contribution < 1.29 is 14.7 Å². The van der Waals surface area contributed by atoms with Crippen LogP contribution in [0.3, 0.4) is 0 Å². The molecule has 3 rings (SSSR count). The number of rotatable bonds is 3. The Balaban J connectivity index is 1.69. The van der Waals surface area contributed by atoms with Crippen LogP contribution < -0.4 is 5.32 Å². The van der Waals surface area contributed by atoms with Crippen LogP contribution in [-0.4, -0.2) is 44.9 Å². The molecule has 1 aromatic heterocycles. The first kappa shape index (κ1) is 16.8. The molecule has 7 heteroatoms. The zero-order valence-electron chi connectivity index (χ0n) is 14.2. The lowest BCUT2D eigenvalue weighted by Gasteiger charge is -2.30. The largest absolute Gasteiger partial charge is 0.481 e. The number of aryl methyl sites for hydroxylation is 1. The topological polar surface area (TPSA) is 87.5 Å². The van der Waals surface area contributed by atoms with Gasteiger partial charge in [-0.2, -0.15) is 5.10 Å². The quantitative estimate of drug-likeness (QED) is 0.890. The number of carboxylic acid groups (broad SMARTS) is 1. The zero-order chi connectivity index (χ0) is 17.1. The molecular weight excluding hydrogens is 308 g/mol.